The van der Waals surface area contributed by atoms with Crippen molar-refractivity contribution in [3.8, 4) is 0 Å². The number of carbonyl (C=O) groups excluding carboxylic acids is 1. The van der Waals surface area contributed by atoms with Crippen LogP contribution >= 0.6 is 0 Å². The highest BCUT2D eigenvalue weighted by Crippen LogP contribution is 2.13. The second-order valence-electron chi connectivity index (χ2n) is 5.42. The molecule has 0 radical (unpaired) electrons. The second-order valence-corrected chi connectivity index (χ2v) is 5.42. The fraction of sp³-hybridized carbons (Fsp3) is 0.714. The molecule has 1 unspecified atom stereocenters. The van der Waals surface area contributed by atoms with Crippen LogP contribution in [0.1, 0.15) is 23.1 Å². The number of hydrogen-bond acceptors (Lipinski definition) is 4. The van der Waals surface area contributed by atoms with Crippen molar-refractivity contribution in [1.82, 2.24) is 19.6 Å². The Morgan fingerprint density at radius 1 is 1.50 bits per heavy atom. The van der Waals surface area contributed by atoms with E-state index >= 15 is 0 Å². The van der Waals surface area contributed by atoms with Gasteiger partial charge in [-0.2, -0.15) is 5.10 Å². The first-order valence-corrected chi connectivity index (χ1v) is 7.06. The molecule has 1 aliphatic heterocycles. The van der Waals surface area contributed by atoms with Crippen LogP contribution in [0.4, 0.5) is 0 Å². The number of piperazine rings is 1. The third kappa shape index (κ3) is 3.19. The minimum absolute atomic E-state index is 0.0342. The summed E-state index contributed by atoms with van der Waals surface area (Å²) in [6.07, 6.45) is 0. The summed E-state index contributed by atoms with van der Waals surface area (Å²) >= 11 is 0. The van der Waals surface area contributed by atoms with Crippen LogP contribution in [-0.2, 0) is 11.8 Å². The fourth-order valence-electron chi connectivity index (χ4n) is 2.55. The molecule has 1 aromatic heterocycles. The Morgan fingerprint density at radius 2 is 2.25 bits per heavy atom. The highest BCUT2D eigenvalue weighted by atomic mass is 16.5. The number of nitrogens with zero attached hydrogens (tertiary/aromatic N) is 4. The Labute approximate surface area is 120 Å². The zero-order chi connectivity index (χ0) is 14.7. The summed E-state index contributed by atoms with van der Waals surface area (Å²) in [5, 5.41) is 4.27. The molecule has 20 heavy (non-hydrogen) atoms. The van der Waals surface area contributed by atoms with Crippen molar-refractivity contribution in [3.63, 3.8) is 0 Å². The maximum atomic E-state index is 12.4. The Hall–Kier alpha value is -1.40. The molecule has 0 N–H and O–H groups in total. The average molecular weight is 280 g/mol. The maximum absolute atomic E-state index is 12.4. The van der Waals surface area contributed by atoms with Gasteiger partial charge in [-0.25, -0.2) is 0 Å². The van der Waals surface area contributed by atoms with Gasteiger partial charge in [-0.1, -0.05) is 0 Å². The van der Waals surface area contributed by atoms with Crippen molar-refractivity contribution in [2.75, 3.05) is 39.9 Å². The van der Waals surface area contributed by atoms with Crippen molar-refractivity contribution >= 4 is 5.91 Å². The predicted molar refractivity (Wildman–Crippen MR) is 76.8 cm³/mol. The predicted octanol–water partition coefficient (Wildman–Crippen LogP) is 0.521. The van der Waals surface area contributed by atoms with Gasteiger partial charge in [0.25, 0.3) is 5.91 Å². The van der Waals surface area contributed by atoms with Gasteiger partial charge in [0.05, 0.1) is 6.61 Å². The summed E-state index contributed by atoms with van der Waals surface area (Å²) in [4.78, 5) is 16.7. The lowest BCUT2D eigenvalue weighted by atomic mass is 10.2. The SMILES string of the molecule is COCCN1CCN(C(=O)c2cc(C)n(C)n2)CC1C. The lowest BCUT2D eigenvalue weighted by molar-refractivity contribution is 0.0429. The first-order valence-electron chi connectivity index (χ1n) is 7.06. The largest absolute Gasteiger partial charge is 0.383 e. The molecule has 0 aromatic carbocycles. The van der Waals surface area contributed by atoms with Crippen LogP contribution in [0.5, 0.6) is 0 Å². The molecule has 6 nitrogen and oxygen atoms in total. The van der Waals surface area contributed by atoms with Gasteiger partial charge in [0, 0.05) is 52.1 Å². The summed E-state index contributed by atoms with van der Waals surface area (Å²) < 4.78 is 6.86. The minimum atomic E-state index is 0.0342. The highest BCUT2D eigenvalue weighted by molar-refractivity contribution is 5.92. The summed E-state index contributed by atoms with van der Waals surface area (Å²) in [5.41, 5.74) is 1.54. The molecule has 1 aliphatic rings. The first-order chi connectivity index (χ1) is 9.52. The lowest BCUT2D eigenvalue weighted by Crippen LogP contribution is -2.54. The topological polar surface area (TPSA) is 50.6 Å². The fourth-order valence-corrected chi connectivity index (χ4v) is 2.55. The van der Waals surface area contributed by atoms with Gasteiger partial charge in [0.2, 0.25) is 0 Å². The van der Waals surface area contributed by atoms with Crippen LogP contribution in [0.3, 0.4) is 0 Å². The molecule has 1 fully saturated rings. The molecule has 1 saturated heterocycles. The number of aryl methyl sites for hydroxylation is 2. The molecule has 1 atom stereocenters. The van der Waals surface area contributed by atoms with Gasteiger partial charge in [-0.3, -0.25) is 14.4 Å². The lowest BCUT2D eigenvalue weighted by Gasteiger charge is -2.39. The maximum Gasteiger partial charge on any atom is 0.274 e. The van der Waals surface area contributed by atoms with E-state index in [9.17, 15) is 4.79 Å². The molecule has 6 heteroatoms. The molecule has 0 spiro atoms. The molecular weight excluding hydrogens is 256 g/mol. The number of ether oxygens (including phenoxy) is 1. The Morgan fingerprint density at radius 3 is 2.80 bits per heavy atom. The number of rotatable bonds is 4. The summed E-state index contributed by atoms with van der Waals surface area (Å²) in [6.45, 7) is 8.15. The molecule has 0 bridgehead atoms. The molecule has 0 saturated carbocycles. The number of amides is 1. The molecule has 1 aromatic rings. The monoisotopic (exact) mass is 280 g/mol. The molecule has 2 heterocycles. The van der Waals surface area contributed by atoms with Crippen LogP contribution in [0.2, 0.25) is 0 Å². The number of methoxy groups -OCH3 is 1. The third-order valence-corrected chi connectivity index (χ3v) is 3.97. The van der Waals surface area contributed by atoms with Crippen LogP contribution in [0, 0.1) is 6.92 Å². The van der Waals surface area contributed by atoms with E-state index in [4.69, 9.17) is 4.74 Å². The second kappa shape index (κ2) is 6.37. The van der Waals surface area contributed by atoms with Crippen molar-refractivity contribution in [2.45, 2.75) is 19.9 Å². The Bertz CT molecular complexity index is 452. The molecule has 112 valence electrons. The third-order valence-electron chi connectivity index (χ3n) is 3.97. The van der Waals surface area contributed by atoms with Crippen molar-refractivity contribution < 1.29 is 9.53 Å². The van der Waals surface area contributed by atoms with Crippen LogP contribution in [-0.4, -0.2) is 71.4 Å². The van der Waals surface area contributed by atoms with E-state index in [1.165, 1.54) is 0 Å². The summed E-state index contributed by atoms with van der Waals surface area (Å²) in [6, 6.07) is 2.21. The van der Waals surface area contributed by atoms with Crippen LogP contribution in [0.25, 0.3) is 0 Å². The van der Waals surface area contributed by atoms with Crippen molar-refractivity contribution in [2.24, 2.45) is 7.05 Å². The Balaban J connectivity index is 1.96. The van der Waals surface area contributed by atoms with Gasteiger partial charge in [0.1, 0.15) is 0 Å². The highest BCUT2D eigenvalue weighted by Gasteiger charge is 2.28. The van der Waals surface area contributed by atoms with E-state index in [1.54, 1.807) is 11.8 Å². The van der Waals surface area contributed by atoms with E-state index in [0.29, 0.717) is 11.7 Å². The van der Waals surface area contributed by atoms with E-state index in [0.717, 1.165) is 38.5 Å². The minimum Gasteiger partial charge on any atom is -0.383 e. The number of aromatic nitrogens is 2. The smallest absolute Gasteiger partial charge is 0.274 e. The number of hydrogen-bond donors (Lipinski definition) is 0. The molecular formula is C14H24N4O2. The van der Waals surface area contributed by atoms with Gasteiger partial charge in [-0.05, 0) is 19.9 Å². The van der Waals surface area contributed by atoms with Crippen LogP contribution < -0.4 is 0 Å². The summed E-state index contributed by atoms with van der Waals surface area (Å²) in [5.74, 6) is 0.0342. The van der Waals surface area contributed by atoms with E-state index in [2.05, 4.69) is 16.9 Å². The van der Waals surface area contributed by atoms with E-state index < -0.39 is 0 Å². The van der Waals surface area contributed by atoms with E-state index in [1.807, 2.05) is 24.9 Å². The number of carbonyl (C=O) groups is 1. The molecule has 1 amide bonds. The quantitative estimate of drug-likeness (QED) is 0.807. The summed E-state index contributed by atoms with van der Waals surface area (Å²) in [7, 11) is 3.57. The van der Waals surface area contributed by atoms with Gasteiger partial charge < -0.3 is 9.64 Å². The van der Waals surface area contributed by atoms with Crippen LogP contribution in [0.15, 0.2) is 6.07 Å². The normalized spacial score (nSPS) is 20.4. The van der Waals surface area contributed by atoms with Gasteiger partial charge in [-0.15, -0.1) is 0 Å². The van der Waals surface area contributed by atoms with Crippen molar-refractivity contribution in [1.29, 1.82) is 0 Å². The average Bonchev–Trinajstić information content (AvgIpc) is 2.76. The van der Waals surface area contributed by atoms with E-state index in [-0.39, 0.29) is 5.91 Å². The first kappa shape index (κ1) is 15.0. The van der Waals surface area contributed by atoms with Gasteiger partial charge in [0.15, 0.2) is 5.69 Å². The molecule has 2 rings (SSSR count). The molecule has 0 aliphatic carbocycles. The Kier molecular flexibility index (Phi) is 4.77. The van der Waals surface area contributed by atoms with Crippen molar-refractivity contribution in [3.05, 3.63) is 17.5 Å². The van der Waals surface area contributed by atoms with Gasteiger partial charge >= 0.3 is 0 Å². The zero-order valence-electron chi connectivity index (χ0n) is 12.8. The standard InChI is InChI=1S/C14H24N4O2/c1-11-9-13(15-16(11)3)14(19)18-6-5-17(7-8-20-4)12(2)10-18/h9,12H,5-8,10H2,1-4H3. The zero-order valence-corrected chi connectivity index (χ0v) is 12.8.